The van der Waals surface area contributed by atoms with Crippen molar-refractivity contribution in [1.29, 1.82) is 0 Å². The molecule has 1 aromatic heterocycles. The molecular formula is C29H23ClN2O2S. The van der Waals surface area contributed by atoms with E-state index in [1.807, 2.05) is 99.6 Å². The van der Waals surface area contributed by atoms with Crippen molar-refractivity contribution in [1.82, 2.24) is 0 Å². The monoisotopic (exact) mass is 498 g/mol. The number of thioether (sulfide) groups is 1. The zero-order valence-corrected chi connectivity index (χ0v) is 21.2. The summed E-state index contributed by atoms with van der Waals surface area (Å²) in [7, 11) is 0. The zero-order chi connectivity index (χ0) is 24.5. The largest absolute Gasteiger partial charge is 0.457 e. The summed E-state index contributed by atoms with van der Waals surface area (Å²) in [6.45, 7) is 6.02. The minimum atomic E-state index is -0.137. The second-order valence-electron chi connectivity index (χ2n) is 8.39. The molecule has 1 aliphatic heterocycles. The van der Waals surface area contributed by atoms with Crippen LogP contribution in [0.25, 0.3) is 17.4 Å². The SMILES string of the molecule is Cc1ccc(-c2ccc(C=C3SC(=Nc4c(C)cccc4C)N(c4ccccc4)C3=O)o2)cc1Cl. The van der Waals surface area contributed by atoms with Gasteiger partial charge in [-0.05, 0) is 79.6 Å². The maximum Gasteiger partial charge on any atom is 0.271 e. The fraction of sp³-hybridized carbons (Fsp3) is 0.103. The number of anilines is 1. The highest BCUT2D eigenvalue weighted by molar-refractivity contribution is 8.19. The van der Waals surface area contributed by atoms with E-state index in [0.717, 1.165) is 33.6 Å². The van der Waals surface area contributed by atoms with Crippen molar-refractivity contribution < 1.29 is 9.21 Å². The first-order chi connectivity index (χ1) is 16.9. The van der Waals surface area contributed by atoms with Crippen LogP contribution in [0, 0.1) is 20.8 Å². The zero-order valence-electron chi connectivity index (χ0n) is 19.6. The van der Waals surface area contributed by atoms with E-state index in [4.69, 9.17) is 21.0 Å². The van der Waals surface area contributed by atoms with Gasteiger partial charge in [0.25, 0.3) is 5.91 Å². The average Bonchev–Trinajstić information content (AvgIpc) is 3.43. The Labute approximate surface area is 213 Å². The number of para-hydroxylation sites is 2. The van der Waals surface area contributed by atoms with Gasteiger partial charge in [-0.15, -0.1) is 0 Å². The molecule has 1 amide bonds. The Balaban J connectivity index is 1.53. The van der Waals surface area contributed by atoms with E-state index in [9.17, 15) is 4.79 Å². The van der Waals surface area contributed by atoms with Crippen molar-refractivity contribution in [3.8, 4) is 11.3 Å². The lowest BCUT2D eigenvalue weighted by atomic mass is 10.1. The summed E-state index contributed by atoms with van der Waals surface area (Å²) in [6.07, 6.45) is 1.77. The van der Waals surface area contributed by atoms with Crippen LogP contribution >= 0.6 is 23.4 Å². The number of carbonyl (C=O) groups is 1. The first-order valence-corrected chi connectivity index (χ1v) is 12.4. The molecule has 1 saturated heterocycles. The van der Waals surface area contributed by atoms with Crippen LogP contribution in [-0.2, 0) is 4.79 Å². The molecule has 0 atom stereocenters. The molecule has 35 heavy (non-hydrogen) atoms. The predicted molar refractivity (Wildman–Crippen MR) is 146 cm³/mol. The second kappa shape index (κ2) is 9.61. The molecule has 0 N–H and O–H groups in total. The van der Waals surface area contributed by atoms with Crippen LogP contribution in [-0.4, -0.2) is 11.1 Å². The molecule has 0 aliphatic carbocycles. The molecule has 4 nitrogen and oxygen atoms in total. The number of aliphatic imine (C=N–C) groups is 1. The third kappa shape index (κ3) is 4.70. The molecule has 5 rings (SSSR count). The number of aryl methyl sites for hydroxylation is 3. The molecule has 0 saturated carbocycles. The van der Waals surface area contributed by atoms with Gasteiger partial charge in [0, 0.05) is 16.7 Å². The predicted octanol–water partition coefficient (Wildman–Crippen LogP) is 8.33. The van der Waals surface area contributed by atoms with Gasteiger partial charge < -0.3 is 4.42 Å². The van der Waals surface area contributed by atoms with Crippen molar-refractivity contribution in [2.24, 2.45) is 4.99 Å². The molecule has 1 aliphatic rings. The summed E-state index contributed by atoms with van der Waals surface area (Å²) in [5.41, 5.74) is 5.66. The summed E-state index contributed by atoms with van der Waals surface area (Å²) in [4.78, 5) is 20.7. The molecule has 3 aromatic carbocycles. The van der Waals surface area contributed by atoms with E-state index >= 15 is 0 Å². The number of furan rings is 1. The summed E-state index contributed by atoms with van der Waals surface area (Å²) in [6, 6.07) is 25.2. The van der Waals surface area contributed by atoms with Gasteiger partial charge in [-0.25, -0.2) is 4.99 Å². The van der Waals surface area contributed by atoms with E-state index in [1.54, 1.807) is 11.0 Å². The minimum absolute atomic E-state index is 0.137. The van der Waals surface area contributed by atoms with Gasteiger partial charge in [-0.2, -0.15) is 0 Å². The van der Waals surface area contributed by atoms with Crippen LogP contribution < -0.4 is 4.90 Å². The smallest absolute Gasteiger partial charge is 0.271 e. The third-order valence-corrected chi connectivity index (χ3v) is 7.20. The van der Waals surface area contributed by atoms with Crippen LogP contribution in [0.2, 0.25) is 5.02 Å². The first-order valence-electron chi connectivity index (χ1n) is 11.2. The molecule has 1 fully saturated rings. The Morgan fingerprint density at radius 1 is 0.886 bits per heavy atom. The van der Waals surface area contributed by atoms with Crippen molar-refractivity contribution in [2.75, 3.05) is 4.90 Å². The number of benzene rings is 3. The number of amidine groups is 1. The Morgan fingerprint density at radius 2 is 1.63 bits per heavy atom. The number of carbonyl (C=O) groups excluding carboxylic acids is 1. The minimum Gasteiger partial charge on any atom is -0.457 e. The molecular weight excluding hydrogens is 476 g/mol. The molecule has 0 unspecified atom stereocenters. The van der Waals surface area contributed by atoms with Gasteiger partial charge in [0.1, 0.15) is 11.5 Å². The summed E-state index contributed by atoms with van der Waals surface area (Å²) in [5, 5.41) is 1.30. The number of rotatable bonds is 4. The number of halogens is 1. The lowest BCUT2D eigenvalue weighted by molar-refractivity contribution is -0.113. The van der Waals surface area contributed by atoms with Crippen molar-refractivity contribution in [3.63, 3.8) is 0 Å². The number of nitrogens with zero attached hydrogens (tertiary/aromatic N) is 2. The Bertz CT molecular complexity index is 1470. The highest BCUT2D eigenvalue weighted by Gasteiger charge is 2.35. The summed E-state index contributed by atoms with van der Waals surface area (Å²) >= 11 is 7.63. The molecule has 6 heteroatoms. The van der Waals surface area contributed by atoms with Crippen LogP contribution in [0.5, 0.6) is 0 Å². The molecule has 0 bridgehead atoms. The van der Waals surface area contributed by atoms with Crippen molar-refractivity contribution in [3.05, 3.63) is 111 Å². The fourth-order valence-corrected chi connectivity index (χ4v) is 5.04. The summed E-state index contributed by atoms with van der Waals surface area (Å²) < 4.78 is 6.05. The highest BCUT2D eigenvalue weighted by atomic mass is 35.5. The Hall–Kier alpha value is -3.54. The number of amides is 1. The van der Waals surface area contributed by atoms with Gasteiger partial charge in [0.2, 0.25) is 0 Å². The first kappa shape index (κ1) is 23.2. The molecule has 0 spiro atoms. The quantitative estimate of drug-likeness (QED) is 0.266. The van der Waals surface area contributed by atoms with Crippen LogP contribution in [0.15, 0.2) is 93.2 Å². The molecule has 0 radical (unpaired) electrons. The molecule has 4 aromatic rings. The van der Waals surface area contributed by atoms with E-state index in [2.05, 4.69) is 0 Å². The Morgan fingerprint density at radius 3 is 2.34 bits per heavy atom. The van der Waals surface area contributed by atoms with Gasteiger partial charge in [0.05, 0.1) is 16.3 Å². The van der Waals surface area contributed by atoms with Crippen LogP contribution in [0.3, 0.4) is 0 Å². The highest BCUT2D eigenvalue weighted by Crippen LogP contribution is 2.39. The van der Waals surface area contributed by atoms with E-state index in [1.165, 1.54) is 11.8 Å². The van der Waals surface area contributed by atoms with Crippen molar-refractivity contribution in [2.45, 2.75) is 20.8 Å². The lowest BCUT2D eigenvalue weighted by Crippen LogP contribution is -2.28. The van der Waals surface area contributed by atoms with Gasteiger partial charge in [0.15, 0.2) is 5.17 Å². The van der Waals surface area contributed by atoms with Gasteiger partial charge >= 0.3 is 0 Å². The number of hydrogen-bond acceptors (Lipinski definition) is 4. The maximum absolute atomic E-state index is 13.5. The standard InChI is InChI=1S/C29H23ClN2O2S/c1-18-12-13-21(16-24(18)30)25-15-14-23(34-25)17-26-28(33)32(22-10-5-4-6-11-22)29(35-26)31-27-19(2)8-7-9-20(27)3/h4-17H,1-3H3. The average molecular weight is 499 g/mol. The molecule has 2 heterocycles. The third-order valence-electron chi connectivity index (χ3n) is 5.82. The van der Waals surface area contributed by atoms with E-state index in [0.29, 0.717) is 26.6 Å². The second-order valence-corrected chi connectivity index (χ2v) is 9.80. The van der Waals surface area contributed by atoms with Gasteiger partial charge in [-0.1, -0.05) is 60.1 Å². The number of hydrogen-bond donors (Lipinski definition) is 0. The van der Waals surface area contributed by atoms with Crippen molar-refractivity contribution >= 4 is 51.9 Å². The normalized spacial score (nSPS) is 16.0. The van der Waals surface area contributed by atoms with Crippen LogP contribution in [0.4, 0.5) is 11.4 Å². The maximum atomic E-state index is 13.5. The topological polar surface area (TPSA) is 45.8 Å². The van der Waals surface area contributed by atoms with Crippen LogP contribution in [0.1, 0.15) is 22.5 Å². The fourth-order valence-electron chi connectivity index (χ4n) is 3.89. The van der Waals surface area contributed by atoms with E-state index < -0.39 is 0 Å². The lowest BCUT2D eigenvalue weighted by Gasteiger charge is -2.16. The Kier molecular flexibility index (Phi) is 6.37. The summed E-state index contributed by atoms with van der Waals surface area (Å²) in [5.74, 6) is 1.15. The van der Waals surface area contributed by atoms with E-state index in [-0.39, 0.29) is 5.91 Å². The molecule has 174 valence electrons. The van der Waals surface area contributed by atoms with Gasteiger partial charge in [-0.3, -0.25) is 9.69 Å².